The first kappa shape index (κ1) is 21.9. The lowest BCUT2D eigenvalue weighted by Crippen LogP contribution is -2.52. The van der Waals surface area contributed by atoms with E-state index in [1.165, 1.54) is 12.0 Å². The first-order valence-electron chi connectivity index (χ1n) is 11.6. The molecule has 0 bridgehead atoms. The maximum atomic E-state index is 10.5. The van der Waals surface area contributed by atoms with E-state index in [2.05, 4.69) is 51.0 Å². The van der Waals surface area contributed by atoms with E-state index >= 15 is 0 Å². The second-order valence-electron chi connectivity index (χ2n) is 9.05. The largest absolute Gasteiger partial charge is 0.437 e. The van der Waals surface area contributed by atoms with Crippen molar-refractivity contribution in [2.75, 3.05) is 37.6 Å². The summed E-state index contributed by atoms with van der Waals surface area (Å²) >= 11 is 0. The quantitative estimate of drug-likeness (QED) is 0.701. The fourth-order valence-corrected chi connectivity index (χ4v) is 5.23. The van der Waals surface area contributed by atoms with Crippen molar-refractivity contribution >= 4 is 12.7 Å². The van der Waals surface area contributed by atoms with Gasteiger partial charge >= 0.3 is 7.05 Å². The molecule has 2 aliphatic heterocycles. The predicted molar refractivity (Wildman–Crippen MR) is 127 cm³/mol. The van der Waals surface area contributed by atoms with Crippen LogP contribution in [-0.4, -0.2) is 60.6 Å². The second kappa shape index (κ2) is 10.3. The van der Waals surface area contributed by atoms with Gasteiger partial charge in [-0.05, 0) is 62.8 Å². The molecular weight excluding hydrogens is 383 g/mol. The Morgan fingerprint density at radius 1 is 1.03 bits per heavy atom. The molecule has 0 radical (unpaired) electrons. The third-order valence-electron chi connectivity index (χ3n) is 6.87. The van der Waals surface area contributed by atoms with E-state index in [9.17, 15) is 10.3 Å². The maximum Gasteiger partial charge on any atom is 0.376 e. The van der Waals surface area contributed by atoms with Crippen LogP contribution in [0.5, 0.6) is 0 Å². The molecule has 2 aromatic rings. The minimum Gasteiger partial charge on any atom is -0.437 e. The molecule has 0 amide bonds. The third kappa shape index (κ3) is 5.48. The van der Waals surface area contributed by atoms with Crippen LogP contribution in [0, 0.1) is 17.2 Å². The molecule has 5 nitrogen and oxygen atoms in total. The number of anilines is 1. The van der Waals surface area contributed by atoms with Crippen LogP contribution >= 0.6 is 0 Å². The zero-order chi connectivity index (χ0) is 21.6. The van der Waals surface area contributed by atoms with E-state index in [1.54, 1.807) is 0 Å². The zero-order valence-electron chi connectivity index (χ0n) is 18.5. The van der Waals surface area contributed by atoms with Crippen molar-refractivity contribution in [2.24, 2.45) is 5.92 Å². The number of rotatable bonds is 7. The van der Waals surface area contributed by atoms with E-state index in [4.69, 9.17) is 0 Å². The van der Waals surface area contributed by atoms with Gasteiger partial charge in [0.2, 0.25) is 0 Å². The third-order valence-corrected chi connectivity index (χ3v) is 6.87. The standard InChI is InChI=1S/C25H33BN4O/c1-26(31)30(20-22-11-14-28(19-22)18-21-7-3-2-4-8-21)24-12-15-29(16-13-24)25-10-6-5-9-23(25)17-27/h2-10,22,24,31H,11-16,18-20H2,1H3. The van der Waals surface area contributed by atoms with E-state index < -0.39 is 7.05 Å². The van der Waals surface area contributed by atoms with Crippen LogP contribution < -0.4 is 4.90 Å². The summed E-state index contributed by atoms with van der Waals surface area (Å²) in [6.07, 6.45) is 3.24. The molecule has 1 atom stereocenters. The Bertz CT molecular complexity index is 877. The first-order chi connectivity index (χ1) is 15.1. The molecule has 0 spiro atoms. The van der Waals surface area contributed by atoms with Crippen molar-refractivity contribution in [1.82, 2.24) is 9.71 Å². The summed E-state index contributed by atoms with van der Waals surface area (Å²) in [5.41, 5.74) is 3.16. The van der Waals surface area contributed by atoms with E-state index in [0.717, 1.165) is 63.4 Å². The Labute approximate surface area is 187 Å². The van der Waals surface area contributed by atoms with Gasteiger partial charge in [0.05, 0.1) is 11.3 Å². The van der Waals surface area contributed by atoms with Gasteiger partial charge in [-0.3, -0.25) is 4.90 Å². The summed E-state index contributed by atoms with van der Waals surface area (Å²) in [5, 5.41) is 20.0. The van der Waals surface area contributed by atoms with Crippen molar-refractivity contribution in [3.63, 3.8) is 0 Å². The van der Waals surface area contributed by atoms with Gasteiger partial charge in [-0.1, -0.05) is 42.5 Å². The van der Waals surface area contributed by atoms with Gasteiger partial charge in [0.1, 0.15) is 6.07 Å². The predicted octanol–water partition coefficient (Wildman–Crippen LogP) is 3.46. The minimum absolute atomic E-state index is 0.397. The SMILES string of the molecule is CB(O)N(CC1CCN(Cc2ccccc2)C1)C1CCN(c2ccccc2C#N)CC1. The highest BCUT2D eigenvalue weighted by Crippen LogP contribution is 2.27. The van der Waals surface area contributed by atoms with Crippen molar-refractivity contribution in [3.05, 3.63) is 65.7 Å². The Balaban J connectivity index is 1.31. The topological polar surface area (TPSA) is 53.7 Å². The van der Waals surface area contributed by atoms with Crippen LogP contribution in [0.2, 0.25) is 6.82 Å². The molecule has 4 rings (SSSR count). The van der Waals surface area contributed by atoms with Crippen LogP contribution in [0.25, 0.3) is 0 Å². The normalized spacial score (nSPS) is 20.2. The molecule has 1 unspecified atom stereocenters. The lowest BCUT2D eigenvalue weighted by Gasteiger charge is -2.41. The molecule has 162 valence electrons. The van der Waals surface area contributed by atoms with E-state index in [0.29, 0.717) is 12.0 Å². The summed E-state index contributed by atoms with van der Waals surface area (Å²) < 4.78 is 0. The van der Waals surface area contributed by atoms with Crippen LogP contribution in [0.4, 0.5) is 5.69 Å². The molecule has 2 fully saturated rings. The second-order valence-corrected chi connectivity index (χ2v) is 9.05. The smallest absolute Gasteiger partial charge is 0.376 e. The highest BCUT2D eigenvalue weighted by Gasteiger charge is 2.33. The Kier molecular flexibility index (Phi) is 7.29. The highest BCUT2D eigenvalue weighted by atomic mass is 16.2. The number of para-hydroxylation sites is 1. The number of hydrogen-bond donors (Lipinski definition) is 1. The molecule has 1 N–H and O–H groups in total. The molecule has 0 saturated carbocycles. The minimum atomic E-state index is -0.425. The van der Waals surface area contributed by atoms with Gasteiger partial charge in [0.15, 0.2) is 0 Å². The number of likely N-dealkylation sites (tertiary alicyclic amines) is 1. The van der Waals surface area contributed by atoms with Crippen molar-refractivity contribution in [1.29, 1.82) is 5.26 Å². The van der Waals surface area contributed by atoms with Crippen molar-refractivity contribution in [2.45, 2.75) is 38.7 Å². The molecule has 6 heteroatoms. The summed E-state index contributed by atoms with van der Waals surface area (Å²) in [4.78, 5) is 7.19. The lowest BCUT2D eigenvalue weighted by molar-refractivity contribution is 0.213. The van der Waals surface area contributed by atoms with Crippen LogP contribution in [0.3, 0.4) is 0 Å². The van der Waals surface area contributed by atoms with Gasteiger partial charge in [0.25, 0.3) is 0 Å². The van der Waals surface area contributed by atoms with Gasteiger partial charge in [-0.25, -0.2) is 0 Å². The fourth-order valence-electron chi connectivity index (χ4n) is 5.23. The monoisotopic (exact) mass is 416 g/mol. The summed E-state index contributed by atoms with van der Waals surface area (Å²) in [7, 11) is -0.425. The van der Waals surface area contributed by atoms with Gasteiger partial charge < -0.3 is 14.7 Å². The molecule has 2 aromatic carbocycles. The fraction of sp³-hybridized carbons (Fsp3) is 0.480. The number of nitrogens with zero attached hydrogens (tertiary/aromatic N) is 4. The van der Waals surface area contributed by atoms with Crippen LogP contribution in [0.1, 0.15) is 30.4 Å². The zero-order valence-corrected chi connectivity index (χ0v) is 18.5. The molecule has 2 heterocycles. The maximum absolute atomic E-state index is 10.5. The van der Waals surface area contributed by atoms with Crippen molar-refractivity contribution < 1.29 is 5.02 Å². The Hall–Kier alpha value is -2.33. The number of benzene rings is 2. The van der Waals surface area contributed by atoms with Crippen LogP contribution in [-0.2, 0) is 6.54 Å². The van der Waals surface area contributed by atoms with E-state index in [-0.39, 0.29) is 0 Å². The first-order valence-corrected chi connectivity index (χ1v) is 11.6. The molecule has 31 heavy (non-hydrogen) atoms. The Morgan fingerprint density at radius 2 is 1.74 bits per heavy atom. The summed E-state index contributed by atoms with van der Waals surface area (Å²) in [6.45, 7) is 7.98. The molecule has 0 aliphatic carbocycles. The molecular formula is C25H33BN4O. The van der Waals surface area contributed by atoms with E-state index in [1.807, 2.05) is 31.1 Å². The lowest BCUT2D eigenvalue weighted by atomic mass is 9.79. The van der Waals surface area contributed by atoms with Gasteiger partial charge in [-0.2, -0.15) is 5.26 Å². The van der Waals surface area contributed by atoms with Gasteiger partial charge in [0, 0.05) is 32.2 Å². The number of nitriles is 1. The average molecular weight is 416 g/mol. The summed E-state index contributed by atoms with van der Waals surface area (Å²) in [6, 6.07) is 21.3. The number of hydrogen-bond acceptors (Lipinski definition) is 5. The van der Waals surface area contributed by atoms with Crippen molar-refractivity contribution in [3.8, 4) is 6.07 Å². The van der Waals surface area contributed by atoms with Crippen LogP contribution in [0.15, 0.2) is 54.6 Å². The number of piperidine rings is 1. The Morgan fingerprint density at radius 3 is 2.45 bits per heavy atom. The van der Waals surface area contributed by atoms with Gasteiger partial charge in [-0.15, -0.1) is 0 Å². The average Bonchev–Trinajstić information content (AvgIpc) is 3.25. The highest BCUT2D eigenvalue weighted by molar-refractivity contribution is 6.45. The molecule has 2 saturated heterocycles. The molecule has 0 aromatic heterocycles. The summed E-state index contributed by atoms with van der Waals surface area (Å²) in [5.74, 6) is 0.607. The molecule has 2 aliphatic rings.